The lowest BCUT2D eigenvalue weighted by atomic mass is 9.96. The fourth-order valence-electron chi connectivity index (χ4n) is 15.6. The molecule has 0 aliphatic carbocycles. The van der Waals surface area contributed by atoms with E-state index in [1.807, 2.05) is 0 Å². The van der Waals surface area contributed by atoms with Crippen molar-refractivity contribution in [2.75, 3.05) is 177 Å². The van der Waals surface area contributed by atoms with Crippen LogP contribution in [0.4, 0.5) is 0 Å². The van der Waals surface area contributed by atoms with Gasteiger partial charge in [-0.1, -0.05) is 12.8 Å². The maximum absolute atomic E-state index is 14.8. The molecule has 0 bridgehead atoms. The van der Waals surface area contributed by atoms with Gasteiger partial charge in [0.05, 0.1) is 119 Å². The van der Waals surface area contributed by atoms with Gasteiger partial charge < -0.3 is 241 Å². The topological polar surface area (TPSA) is 885 Å². The summed E-state index contributed by atoms with van der Waals surface area (Å²) in [6, 6.07) is 0. The smallest absolute Gasteiger partial charge is 0.303 e. The summed E-state index contributed by atoms with van der Waals surface area (Å²) in [5, 5.41) is 293. The molecule has 7 amide bonds. The van der Waals surface area contributed by atoms with E-state index in [-0.39, 0.29) is 65.0 Å². The second-order valence-electron chi connectivity index (χ2n) is 34.4. The number of unbranched alkanes of at least 4 members (excludes halogenated alkanes) is 6. The van der Waals surface area contributed by atoms with E-state index in [0.29, 0.717) is 44.9 Å². The first-order valence-corrected chi connectivity index (χ1v) is 46.0. The third-order valence-corrected chi connectivity index (χ3v) is 23.9. The van der Waals surface area contributed by atoms with Crippen LogP contribution in [0.3, 0.4) is 0 Å². The van der Waals surface area contributed by atoms with Crippen molar-refractivity contribution in [1.29, 1.82) is 0 Å². The molecule has 7 rings (SSSR count). The van der Waals surface area contributed by atoms with Crippen molar-refractivity contribution >= 4 is 47.3 Å². The molecule has 0 aromatic rings. The van der Waals surface area contributed by atoms with E-state index in [1.54, 1.807) is 0 Å². The van der Waals surface area contributed by atoms with Crippen LogP contribution in [0.15, 0.2) is 0 Å². The number of carboxylic acid groups (broad SMARTS) is 1. The van der Waals surface area contributed by atoms with Crippen LogP contribution in [0.1, 0.15) is 70.6 Å². The normalized spacial score (nSPS) is 34.9. The molecule has 7 saturated heterocycles. The summed E-state index contributed by atoms with van der Waals surface area (Å²) in [6.07, 6.45) is -58.6. The third-order valence-electron chi connectivity index (χ3n) is 23.9. The summed E-state index contributed by atoms with van der Waals surface area (Å²) in [5.74, 6) is -5.87. The fraction of sp³-hybridized carbons (Fsp3) is 0.901. The zero-order valence-electron chi connectivity index (χ0n) is 76.4. The van der Waals surface area contributed by atoms with E-state index in [0.717, 1.165) is 14.7 Å². The summed E-state index contributed by atoms with van der Waals surface area (Å²) in [6.45, 7) is -14.2. The highest BCUT2D eigenvalue weighted by molar-refractivity contribution is 5.85. The number of aliphatic hydroxyl groups excluding tert-OH is 26. The number of hydrogen-bond acceptors (Lipinski definition) is 50. The minimum absolute atomic E-state index is 0.0267. The van der Waals surface area contributed by atoms with E-state index in [4.69, 9.17) is 71.4 Å². The number of carboxylic acids is 1. The number of aliphatic carboxylic acids is 1. The van der Waals surface area contributed by atoms with Crippen molar-refractivity contribution in [3.8, 4) is 0 Å². The van der Waals surface area contributed by atoms with Crippen molar-refractivity contribution < 1.29 is 243 Å². The lowest BCUT2D eigenvalue weighted by Gasteiger charge is -2.46. The van der Waals surface area contributed by atoms with Crippen molar-refractivity contribution in [3.63, 3.8) is 0 Å². The Kier molecular flexibility index (Phi) is 53.1. The van der Waals surface area contributed by atoms with Crippen LogP contribution in [-0.2, 0) is 105 Å². The van der Waals surface area contributed by atoms with Gasteiger partial charge in [0.1, 0.15) is 171 Å². The van der Waals surface area contributed by atoms with Crippen molar-refractivity contribution in [3.05, 3.63) is 0 Å². The molecule has 7 heterocycles. The second kappa shape index (κ2) is 61.5. The van der Waals surface area contributed by atoms with E-state index in [1.165, 1.54) is 4.90 Å². The quantitative estimate of drug-likeness (QED) is 0.0251. The van der Waals surface area contributed by atoms with Crippen LogP contribution >= 0.6 is 0 Å². The zero-order valence-corrected chi connectivity index (χ0v) is 76.4. The fourth-order valence-corrected chi connectivity index (χ4v) is 15.6. The number of aliphatic hydroxyl groups is 26. The average Bonchev–Trinajstić information content (AvgIpc) is 0.909. The summed E-state index contributed by atoms with van der Waals surface area (Å²) in [4.78, 5) is 112. The Labute approximate surface area is 796 Å². The molecule has 0 unspecified atom stereocenters. The number of carbonyl (C=O) groups excluding carboxylic acids is 7. The van der Waals surface area contributed by atoms with Crippen LogP contribution < -0.4 is 26.6 Å². The molecule has 7 aliphatic heterocycles. The molecule has 0 spiro atoms. The number of hydrogen-bond donors (Lipinski definition) is 32. The lowest BCUT2D eigenvalue weighted by molar-refractivity contribution is -0.366. The van der Waals surface area contributed by atoms with Crippen LogP contribution in [0, 0.1) is 0 Å². The molecular formula is C81H143N9O49. The summed E-state index contributed by atoms with van der Waals surface area (Å²) in [7, 11) is 0. The maximum atomic E-state index is 14.8. The van der Waals surface area contributed by atoms with Crippen molar-refractivity contribution in [1.82, 2.24) is 46.2 Å². The Morgan fingerprint density at radius 2 is 0.496 bits per heavy atom. The van der Waals surface area contributed by atoms with Gasteiger partial charge in [0.25, 0.3) is 0 Å². The molecule has 0 aromatic carbocycles. The van der Waals surface area contributed by atoms with Gasteiger partial charge in [-0.15, -0.1) is 0 Å². The number of carbonyl (C=O) groups is 8. The van der Waals surface area contributed by atoms with Crippen molar-refractivity contribution in [2.45, 2.75) is 286 Å². The van der Waals surface area contributed by atoms with E-state index in [2.05, 4.69) is 26.6 Å². The summed E-state index contributed by atoms with van der Waals surface area (Å²) < 4.78 is 78.1. The molecule has 139 heavy (non-hydrogen) atoms. The number of rotatable bonds is 61. The average molecular weight is 2030 g/mol. The predicted octanol–water partition coefficient (Wildman–Crippen LogP) is -20.1. The third kappa shape index (κ3) is 36.9. The molecule has 7 aliphatic rings. The molecule has 0 aromatic heterocycles. The molecule has 806 valence electrons. The van der Waals surface area contributed by atoms with Gasteiger partial charge in [-0.05, 0) is 44.9 Å². The Balaban J connectivity index is 0.939. The maximum Gasteiger partial charge on any atom is 0.303 e. The monoisotopic (exact) mass is 2030 g/mol. The van der Waals surface area contributed by atoms with Crippen LogP contribution in [0.25, 0.3) is 0 Å². The molecule has 7 fully saturated rings. The highest BCUT2D eigenvalue weighted by Crippen LogP contribution is 2.33. The molecule has 32 N–H and O–H groups in total. The Morgan fingerprint density at radius 3 is 0.806 bits per heavy atom. The van der Waals surface area contributed by atoms with Gasteiger partial charge in [0.15, 0.2) is 44.0 Å². The lowest BCUT2D eigenvalue weighted by Crippen LogP contribution is -2.65. The molecule has 58 nitrogen and oxygen atoms in total. The number of amides is 7. The Hall–Kier alpha value is -5.92. The molecule has 0 radical (unpaired) electrons. The standard InChI is InChI=1S/C81H143N9O49/c91-32-39-54(106)61(113)67(119)75(132-39)127-22-17-89(18-23-128-76-68(120)62(114)55(107)40(33-92)133-76)51(102)30-88(31-52(103)90(19-24-129-77-69(121)63(115)56(108)41(34-93)134-77)20-25-130-78-70(122)64(116)57(109)42(35-94)135-78)29-50(101)85-15-9-3-8-14-84-49(100)28-87(27-48(99)83-13-7-2-5-11-53(104)105)26-47(98)82-12-6-1-4-10-46(97)86-16-21-126-80-73(125)74(139-81-72(124)66(118)59(111)44(37-96)137-81)60(112)45(138-80)38-131-79-71(123)65(117)58(110)43(36-95)136-79/h39-45,54-81,91-96,106-125H,1-38H2,(H,82,98)(H,83,99)(H,84,100)(H,85,101)(H,86,97)(H,104,105)/t39-,40-,41-,42-,43-,44-,45-,54-,55-,56-,57-,58-,59-,60-,61+,62+,63+,64+,65+,66+,67+,68+,69+,70+,71+,72+,73+,74+,75+,76+,77+,78+,79+,80+,81-/m1/s1. The van der Waals surface area contributed by atoms with E-state index >= 15 is 0 Å². The first-order chi connectivity index (χ1) is 66.2. The molecular weight excluding hydrogens is 1880 g/mol. The Bertz CT molecular complexity index is 3400. The highest BCUT2D eigenvalue weighted by atomic mass is 16.8. The van der Waals surface area contributed by atoms with Gasteiger partial charge in [-0.25, -0.2) is 0 Å². The van der Waals surface area contributed by atoms with Gasteiger partial charge >= 0.3 is 5.97 Å². The van der Waals surface area contributed by atoms with Gasteiger partial charge in [-0.2, -0.15) is 0 Å². The van der Waals surface area contributed by atoms with E-state index < -0.39 is 400 Å². The van der Waals surface area contributed by atoms with E-state index in [9.17, 15) is 171 Å². The van der Waals surface area contributed by atoms with Crippen molar-refractivity contribution in [2.24, 2.45) is 0 Å². The summed E-state index contributed by atoms with van der Waals surface area (Å²) in [5.41, 5.74) is 0. The summed E-state index contributed by atoms with van der Waals surface area (Å²) >= 11 is 0. The Morgan fingerprint density at radius 1 is 0.245 bits per heavy atom. The first kappa shape index (κ1) is 120. The van der Waals surface area contributed by atoms with Gasteiger partial charge in [-0.3, -0.25) is 48.2 Å². The van der Waals surface area contributed by atoms with Gasteiger partial charge in [0, 0.05) is 71.7 Å². The van der Waals surface area contributed by atoms with Crippen LogP contribution in [0.5, 0.6) is 0 Å². The van der Waals surface area contributed by atoms with Crippen LogP contribution in [-0.4, -0.2) is 597 Å². The molecule has 58 heteroatoms. The predicted molar refractivity (Wildman–Crippen MR) is 453 cm³/mol. The largest absolute Gasteiger partial charge is 0.481 e. The van der Waals surface area contributed by atoms with Crippen LogP contribution in [0.2, 0.25) is 0 Å². The SMILES string of the molecule is O=C(O)CCCCCNC(=O)CN(CC(=O)NCCCCCNC(=O)CN(CC(=O)N(CCO[C@H]1O[C@H](CO)[C@@H](O)[C@H](O)[C@@H]1O)CCO[C@H]1O[C@H](CO)[C@@H](O)[C@H](O)[C@@H]1O)CC(=O)N(CCO[C@H]1O[C@H](CO)[C@@H](O)[C@H](O)[C@@H]1O)CCO[C@H]1O[C@H](CO)[C@@H](O)[C@H](O)[C@@H]1O)CC(=O)NCCCCCC(=O)NCCO[C@H]1O[C@H](CO[C@H]2O[C@H](CO)[C@@H](O)[C@H](O)[C@@H]2O)[C@@H](O)[C@H](O[C@H]2O[C@H](CO)[C@@H](O)[C@H](O)[C@@H]2O)[C@@H]1O. The minimum Gasteiger partial charge on any atom is -0.481 e. The zero-order chi connectivity index (χ0) is 102. The second-order valence-corrected chi connectivity index (χ2v) is 34.4. The van der Waals surface area contributed by atoms with Gasteiger partial charge in [0.2, 0.25) is 41.4 Å². The highest BCUT2D eigenvalue weighted by Gasteiger charge is 2.54. The number of nitrogens with one attached hydrogen (secondary N) is 5. The first-order valence-electron chi connectivity index (χ1n) is 46.0. The number of ether oxygens (including phenoxy) is 14. The molecule has 35 atom stereocenters. The molecule has 0 saturated carbocycles. The number of nitrogens with zero attached hydrogens (tertiary/aromatic N) is 4. The minimum atomic E-state index is -2.00.